The zero-order valence-corrected chi connectivity index (χ0v) is 11.1. The molecule has 1 N–H and O–H groups in total. The van der Waals surface area contributed by atoms with Gasteiger partial charge in [0.1, 0.15) is 12.4 Å². The van der Waals surface area contributed by atoms with Gasteiger partial charge >= 0.3 is 0 Å². The van der Waals surface area contributed by atoms with Gasteiger partial charge in [-0.15, -0.1) is 0 Å². The number of aromatic nitrogens is 1. The summed E-state index contributed by atoms with van der Waals surface area (Å²) in [7, 11) is 0. The summed E-state index contributed by atoms with van der Waals surface area (Å²) in [5, 5.41) is 4.40. The molecule has 3 heteroatoms. The van der Waals surface area contributed by atoms with Crippen molar-refractivity contribution in [1.29, 1.82) is 0 Å². The zero-order chi connectivity index (χ0) is 13.6. The molecule has 0 amide bonds. The van der Waals surface area contributed by atoms with E-state index in [1.807, 2.05) is 60.7 Å². The molecule has 0 bridgehead atoms. The van der Waals surface area contributed by atoms with Gasteiger partial charge in [-0.05, 0) is 24.3 Å². The highest BCUT2D eigenvalue weighted by Gasteiger charge is 1.98. The van der Waals surface area contributed by atoms with E-state index < -0.39 is 0 Å². The predicted octanol–water partition coefficient (Wildman–Crippen LogP) is 3.73. The molecule has 0 aliphatic rings. The van der Waals surface area contributed by atoms with Crippen molar-refractivity contribution in [1.82, 2.24) is 4.98 Å². The van der Waals surface area contributed by atoms with Crippen LogP contribution in [-0.2, 0) is 0 Å². The molecule has 0 unspecified atom stereocenters. The summed E-state index contributed by atoms with van der Waals surface area (Å²) < 4.78 is 5.71. The normalized spacial score (nSPS) is 10.4. The molecular formula is C17H16N2O. The van der Waals surface area contributed by atoms with Gasteiger partial charge in [-0.1, -0.05) is 36.4 Å². The van der Waals surface area contributed by atoms with E-state index in [-0.39, 0.29) is 0 Å². The number of para-hydroxylation sites is 2. The Labute approximate surface area is 118 Å². The molecule has 0 spiro atoms. The van der Waals surface area contributed by atoms with Crippen molar-refractivity contribution in [3.63, 3.8) is 0 Å². The van der Waals surface area contributed by atoms with E-state index in [0.29, 0.717) is 6.61 Å². The first-order valence-corrected chi connectivity index (χ1v) is 6.68. The summed E-state index contributed by atoms with van der Waals surface area (Å²) in [6.07, 6.45) is 1.77. The zero-order valence-electron chi connectivity index (χ0n) is 11.1. The second-order valence-corrected chi connectivity index (χ2v) is 4.50. The lowest BCUT2D eigenvalue weighted by molar-refractivity contribution is 0.332. The fraction of sp³-hybridized carbons (Fsp3) is 0.118. The minimum absolute atomic E-state index is 0.606. The first kappa shape index (κ1) is 12.5. The quantitative estimate of drug-likeness (QED) is 0.713. The molecule has 3 nitrogen and oxygen atoms in total. The minimum atomic E-state index is 0.606. The number of nitrogens with one attached hydrogen (secondary N) is 1. The molecule has 1 heterocycles. The Balaban J connectivity index is 1.55. The molecule has 0 fully saturated rings. The van der Waals surface area contributed by atoms with Crippen LogP contribution < -0.4 is 10.1 Å². The van der Waals surface area contributed by atoms with E-state index in [4.69, 9.17) is 4.74 Å². The molecule has 0 aliphatic carbocycles. The Hall–Kier alpha value is -2.55. The van der Waals surface area contributed by atoms with Crippen LogP contribution in [0.2, 0.25) is 0 Å². The smallest absolute Gasteiger partial charge is 0.138 e. The molecule has 20 heavy (non-hydrogen) atoms. The Morgan fingerprint density at radius 3 is 2.65 bits per heavy atom. The number of pyridine rings is 1. The molecular weight excluding hydrogens is 248 g/mol. The van der Waals surface area contributed by atoms with Crippen molar-refractivity contribution in [2.45, 2.75) is 0 Å². The van der Waals surface area contributed by atoms with Crippen molar-refractivity contribution in [2.24, 2.45) is 0 Å². The number of fused-ring (bicyclic) bond motifs is 1. The lowest BCUT2D eigenvalue weighted by Gasteiger charge is -2.08. The van der Waals surface area contributed by atoms with Gasteiger partial charge < -0.3 is 10.1 Å². The molecule has 0 atom stereocenters. The van der Waals surface area contributed by atoms with Gasteiger partial charge in [0.25, 0.3) is 0 Å². The third-order valence-corrected chi connectivity index (χ3v) is 3.04. The molecule has 100 valence electrons. The van der Waals surface area contributed by atoms with Gasteiger partial charge in [0, 0.05) is 17.6 Å². The van der Waals surface area contributed by atoms with Gasteiger partial charge in [0.2, 0.25) is 0 Å². The molecule has 0 saturated carbocycles. The van der Waals surface area contributed by atoms with E-state index in [1.165, 1.54) is 0 Å². The maximum absolute atomic E-state index is 5.71. The van der Waals surface area contributed by atoms with Crippen molar-refractivity contribution in [3.8, 4) is 5.75 Å². The second-order valence-electron chi connectivity index (χ2n) is 4.50. The molecule has 1 aromatic heterocycles. The monoisotopic (exact) mass is 264 g/mol. The highest BCUT2D eigenvalue weighted by Crippen LogP contribution is 2.17. The van der Waals surface area contributed by atoms with Crippen LogP contribution in [-0.4, -0.2) is 18.1 Å². The number of hydrogen-bond acceptors (Lipinski definition) is 3. The first-order chi connectivity index (χ1) is 9.92. The third kappa shape index (κ3) is 3.06. The summed E-state index contributed by atoms with van der Waals surface area (Å²) in [4.78, 5) is 4.37. The maximum atomic E-state index is 5.71. The van der Waals surface area contributed by atoms with E-state index in [9.17, 15) is 0 Å². The van der Waals surface area contributed by atoms with Crippen molar-refractivity contribution in [2.75, 3.05) is 18.5 Å². The van der Waals surface area contributed by atoms with Crippen LogP contribution in [0, 0.1) is 0 Å². The van der Waals surface area contributed by atoms with Crippen LogP contribution >= 0.6 is 0 Å². The lowest BCUT2D eigenvalue weighted by atomic mass is 10.2. The highest BCUT2D eigenvalue weighted by molar-refractivity contribution is 5.79. The summed E-state index contributed by atoms with van der Waals surface area (Å²) in [6, 6.07) is 20.1. The fourth-order valence-corrected chi connectivity index (χ4v) is 2.05. The van der Waals surface area contributed by atoms with E-state index >= 15 is 0 Å². The van der Waals surface area contributed by atoms with Gasteiger partial charge in [-0.3, -0.25) is 4.98 Å². The van der Waals surface area contributed by atoms with E-state index in [0.717, 1.165) is 28.9 Å². The summed E-state index contributed by atoms with van der Waals surface area (Å²) in [6.45, 7) is 1.37. The van der Waals surface area contributed by atoms with Crippen LogP contribution in [0.15, 0.2) is 66.9 Å². The fourth-order valence-electron chi connectivity index (χ4n) is 2.05. The third-order valence-electron chi connectivity index (χ3n) is 3.04. The van der Waals surface area contributed by atoms with Gasteiger partial charge in [-0.2, -0.15) is 0 Å². The standard InChI is InChI=1S/C17H16N2O/c1-2-7-15(8-3-1)18-10-11-20-16-12-14-6-4-5-9-17(14)19-13-16/h1-9,12-13,18H,10-11H2. The average Bonchev–Trinajstić information content (AvgIpc) is 2.52. The van der Waals surface area contributed by atoms with Crippen LogP contribution in [0.1, 0.15) is 0 Å². The molecule has 3 rings (SSSR count). The van der Waals surface area contributed by atoms with Crippen LogP contribution in [0.4, 0.5) is 5.69 Å². The second kappa shape index (κ2) is 6.06. The SMILES string of the molecule is c1ccc(NCCOc2cnc3ccccc3c2)cc1. The predicted molar refractivity (Wildman–Crippen MR) is 82.2 cm³/mol. The number of anilines is 1. The Morgan fingerprint density at radius 1 is 0.950 bits per heavy atom. The van der Waals surface area contributed by atoms with Crippen LogP contribution in [0.3, 0.4) is 0 Å². The van der Waals surface area contributed by atoms with Crippen molar-refractivity contribution in [3.05, 3.63) is 66.9 Å². The van der Waals surface area contributed by atoms with Gasteiger partial charge in [-0.25, -0.2) is 0 Å². The van der Waals surface area contributed by atoms with E-state index in [1.54, 1.807) is 6.20 Å². The van der Waals surface area contributed by atoms with Crippen LogP contribution in [0.25, 0.3) is 10.9 Å². The lowest BCUT2D eigenvalue weighted by Crippen LogP contribution is -2.11. The highest BCUT2D eigenvalue weighted by atomic mass is 16.5. The number of nitrogens with zero attached hydrogens (tertiary/aromatic N) is 1. The molecule has 0 aliphatic heterocycles. The summed E-state index contributed by atoms with van der Waals surface area (Å²) in [5.74, 6) is 0.804. The molecule has 3 aromatic rings. The summed E-state index contributed by atoms with van der Waals surface area (Å²) >= 11 is 0. The Morgan fingerprint density at radius 2 is 1.75 bits per heavy atom. The van der Waals surface area contributed by atoms with Gasteiger partial charge in [0.15, 0.2) is 0 Å². The van der Waals surface area contributed by atoms with Crippen molar-refractivity contribution < 1.29 is 4.74 Å². The molecule has 0 radical (unpaired) electrons. The number of rotatable bonds is 5. The Kier molecular flexibility index (Phi) is 3.78. The van der Waals surface area contributed by atoms with E-state index in [2.05, 4.69) is 10.3 Å². The first-order valence-electron chi connectivity index (χ1n) is 6.68. The molecule has 2 aromatic carbocycles. The van der Waals surface area contributed by atoms with Crippen molar-refractivity contribution >= 4 is 16.6 Å². The number of benzene rings is 2. The topological polar surface area (TPSA) is 34.1 Å². The Bertz CT molecular complexity index is 683. The molecule has 0 saturated heterocycles. The number of hydrogen-bond donors (Lipinski definition) is 1. The maximum Gasteiger partial charge on any atom is 0.138 e. The number of ether oxygens (including phenoxy) is 1. The van der Waals surface area contributed by atoms with Gasteiger partial charge in [0.05, 0.1) is 11.7 Å². The minimum Gasteiger partial charge on any atom is -0.490 e. The van der Waals surface area contributed by atoms with Crippen LogP contribution in [0.5, 0.6) is 5.75 Å². The summed E-state index contributed by atoms with van der Waals surface area (Å²) in [5.41, 5.74) is 2.09. The average molecular weight is 264 g/mol. The largest absolute Gasteiger partial charge is 0.490 e.